The van der Waals surface area contributed by atoms with Gasteiger partial charge in [-0.15, -0.1) is 10.3 Å². The summed E-state index contributed by atoms with van der Waals surface area (Å²) in [6.07, 6.45) is 5.24. The zero-order chi connectivity index (χ0) is 13.6. The largest absolute Gasteiger partial charge is 0.368 e. The van der Waals surface area contributed by atoms with E-state index >= 15 is 0 Å². The smallest absolute Gasteiger partial charge is 0.304 e. The maximum absolute atomic E-state index is 12.5. The van der Waals surface area contributed by atoms with Crippen molar-refractivity contribution in [1.29, 1.82) is 0 Å². The van der Waals surface area contributed by atoms with Crippen LogP contribution in [0.2, 0.25) is 0 Å². The third-order valence-electron chi connectivity index (χ3n) is 2.34. The Kier molecular flexibility index (Phi) is 5.10. The van der Waals surface area contributed by atoms with Crippen LogP contribution in [0, 0.1) is 12.3 Å². The number of hydrogen-bond donors (Lipinski definition) is 0. The molecule has 0 amide bonds. The van der Waals surface area contributed by atoms with Crippen LogP contribution in [0.1, 0.15) is 5.56 Å². The number of benzene rings is 1. The van der Waals surface area contributed by atoms with Crippen LogP contribution < -0.4 is 4.90 Å². The molecular weight excluding hydrogens is 260 g/mol. The van der Waals surface area contributed by atoms with Gasteiger partial charge in [-0.3, -0.25) is 0 Å². The van der Waals surface area contributed by atoms with Gasteiger partial charge in [-0.2, -0.15) is 8.42 Å². The topological polar surface area (TPSA) is 37.4 Å². The van der Waals surface area contributed by atoms with Gasteiger partial charge in [0.05, 0.1) is 5.75 Å². The molecule has 18 heavy (non-hydrogen) atoms. The predicted octanol–water partition coefficient (Wildman–Crippen LogP) is 1.74. The minimum Gasteiger partial charge on any atom is -0.368 e. The van der Waals surface area contributed by atoms with Gasteiger partial charge in [-0.05, 0) is 18.2 Å². The quantitative estimate of drug-likeness (QED) is 0.585. The lowest BCUT2D eigenvalue weighted by Gasteiger charge is -2.22. The zero-order valence-electron chi connectivity index (χ0n) is 9.64. The first-order valence-corrected chi connectivity index (χ1v) is 6.81. The molecule has 0 aromatic heterocycles. The van der Waals surface area contributed by atoms with E-state index in [9.17, 15) is 16.7 Å². The highest BCUT2D eigenvalue weighted by atomic mass is 32.3. The van der Waals surface area contributed by atoms with Crippen molar-refractivity contribution >= 4 is 15.9 Å². The van der Waals surface area contributed by atoms with Gasteiger partial charge >= 0.3 is 10.2 Å². The van der Waals surface area contributed by atoms with Crippen molar-refractivity contribution in [2.75, 3.05) is 30.4 Å². The highest BCUT2D eigenvalue weighted by molar-refractivity contribution is 7.86. The first kappa shape index (κ1) is 14.5. The van der Waals surface area contributed by atoms with Crippen LogP contribution in [0.4, 0.5) is 14.0 Å². The summed E-state index contributed by atoms with van der Waals surface area (Å²) in [7, 11) is -4.57. The van der Waals surface area contributed by atoms with E-state index in [1.54, 1.807) is 24.3 Å². The Labute approximate surface area is 106 Å². The van der Waals surface area contributed by atoms with Crippen molar-refractivity contribution in [1.82, 2.24) is 0 Å². The van der Waals surface area contributed by atoms with Gasteiger partial charge in [0.1, 0.15) is 6.67 Å². The van der Waals surface area contributed by atoms with Gasteiger partial charge in [-0.25, -0.2) is 4.39 Å². The molecule has 0 fully saturated rings. The van der Waals surface area contributed by atoms with Crippen molar-refractivity contribution in [2.45, 2.75) is 0 Å². The lowest BCUT2D eigenvalue weighted by molar-refractivity contribution is 0.490. The van der Waals surface area contributed by atoms with Gasteiger partial charge < -0.3 is 4.90 Å². The molecule has 0 saturated heterocycles. The molecule has 3 nitrogen and oxygen atoms in total. The van der Waals surface area contributed by atoms with E-state index in [1.807, 2.05) is 0 Å². The van der Waals surface area contributed by atoms with Crippen molar-refractivity contribution < 1.29 is 16.7 Å². The fraction of sp³-hybridized carbons (Fsp3) is 0.333. The Morgan fingerprint density at radius 3 is 2.61 bits per heavy atom. The van der Waals surface area contributed by atoms with Gasteiger partial charge in [0, 0.05) is 24.3 Å². The summed E-state index contributed by atoms with van der Waals surface area (Å²) in [6.45, 7) is -0.785. The van der Waals surface area contributed by atoms with Crippen molar-refractivity contribution in [3.63, 3.8) is 0 Å². The molecule has 0 atom stereocenters. The lowest BCUT2D eigenvalue weighted by atomic mass is 10.2. The second-order valence-electron chi connectivity index (χ2n) is 3.61. The van der Waals surface area contributed by atoms with E-state index in [-0.39, 0.29) is 13.1 Å². The van der Waals surface area contributed by atoms with E-state index in [4.69, 9.17) is 6.42 Å². The molecule has 98 valence electrons. The average Bonchev–Trinajstić information content (AvgIpc) is 2.33. The second kappa shape index (κ2) is 6.36. The highest BCUT2D eigenvalue weighted by Crippen LogP contribution is 2.16. The summed E-state index contributed by atoms with van der Waals surface area (Å²) in [6, 6.07) is 6.67. The van der Waals surface area contributed by atoms with E-state index in [0.717, 1.165) is 0 Å². The number of terminal acetylenes is 1. The molecule has 0 aliphatic carbocycles. The van der Waals surface area contributed by atoms with Crippen LogP contribution in [0.3, 0.4) is 0 Å². The maximum atomic E-state index is 12.5. The van der Waals surface area contributed by atoms with E-state index in [2.05, 4.69) is 5.92 Å². The maximum Gasteiger partial charge on any atom is 0.304 e. The molecule has 0 spiro atoms. The molecule has 0 radical (unpaired) electrons. The number of halogens is 2. The molecule has 0 saturated carbocycles. The Morgan fingerprint density at radius 1 is 1.33 bits per heavy atom. The second-order valence-corrected chi connectivity index (χ2v) is 5.10. The molecule has 1 aromatic carbocycles. The third-order valence-corrected chi connectivity index (χ3v) is 3.01. The van der Waals surface area contributed by atoms with E-state index in [1.165, 1.54) is 4.90 Å². The SMILES string of the molecule is C#Cc1cccc(N(CCF)CCS(=O)(=O)F)c1. The first-order chi connectivity index (χ1) is 8.46. The molecule has 1 aromatic rings. The fourth-order valence-corrected chi connectivity index (χ4v) is 1.92. The van der Waals surface area contributed by atoms with Crippen LogP contribution in [-0.4, -0.2) is 33.9 Å². The van der Waals surface area contributed by atoms with Crippen molar-refractivity contribution in [3.05, 3.63) is 29.8 Å². The van der Waals surface area contributed by atoms with Crippen LogP contribution in [0.25, 0.3) is 0 Å². The fourth-order valence-electron chi connectivity index (χ4n) is 1.48. The van der Waals surface area contributed by atoms with Gasteiger partial charge in [-0.1, -0.05) is 12.0 Å². The summed E-state index contributed by atoms with van der Waals surface area (Å²) in [4.78, 5) is 1.44. The molecular formula is C12H13F2NO2S. The normalized spacial score (nSPS) is 10.9. The molecule has 6 heteroatoms. The van der Waals surface area contributed by atoms with Gasteiger partial charge in [0.2, 0.25) is 0 Å². The van der Waals surface area contributed by atoms with E-state index < -0.39 is 22.7 Å². The lowest BCUT2D eigenvalue weighted by Crippen LogP contribution is -2.30. The molecule has 0 aliphatic rings. The van der Waals surface area contributed by atoms with Crippen LogP contribution in [0.15, 0.2) is 24.3 Å². The molecule has 0 heterocycles. The van der Waals surface area contributed by atoms with Crippen LogP contribution in [-0.2, 0) is 10.2 Å². The van der Waals surface area contributed by atoms with E-state index in [0.29, 0.717) is 11.3 Å². The van der Waals surface area contributed by atoms with Crippen LogP contribution >= 0.6 is 0 Å². The molecule has 0 bridgehead atoms. The highest BCUT2D eigenvalue weighted by Gasteiger charge is 2.12. The van der Waals surface area contributed by atoms with Gasteiger partial charge in [0.25, 0.3) is 0 Å². The minimum absolute atomic E-state index is 0.0104. The molecule has 0 aliphatic heterocycles. The minimum atomic E-state index is -4.57. The summed E-state index contributed by atoms with van der Waals surface area (Å²) < 4.78 is 45.8. The standard InChI is InChI=1S/C12H13F2NO2S/c1-2-11-4-3-5-12(10-11)15(7-6-13)8-9-18(14,16)17/h1,3-5,10H,6-9H2. The van der Waals surface area contributed by atoms with Gasteiger partial charge in [0.15, 0.2) is 0 Å². The Hall–Kier alpha value is -1.61. The first-order valence-electron chi connectivity index (χ1n) is 5.26. The average molecular weight is 273 g/mol. The Bertz CT molecular complexity index is 537. The Morgan fingerprint density at radius 2 is 2.06 bits per heavy atom. The molecule has 1 rings (SSSR count). The van der Waals surface area contributed by atoms with Crippen molar-refractivity contribution in [3.8, 4) is 12.3 Å². The third kappa shape index (κ3) is 4.72. The number of hydrogen-bond acceptors (Lipinski definition) is 3. The molecule has 0 unspecified atom stereocenters. The molecule has 0 N–H and O–H groups in total. The summed E-state index contributed by atoms with van der Waals surface area (Å²) in [5.74, 6) is 1.75. The summed E-state index contributed by atoms with van der Waals surface area (Å²) >= 11 is 0. The number of rotatable bonds is 6. The summed E-state index contributed by atoms with van der Waals surface area (Å²) in [5.41, 5.74) is 1.17. The predicted molar refractivity (Wildman–Crippen MR) is 67.5 cm³/mol. The zero-order valence-corrected chi connectivity index (χ0v) is 10.5. The number of alkyl halides is 1. The van der Waals surface area contributed by atoms with Crippen LogP contribution in [0.5, 0.6) is 0 Å². The number of anilines is 1. The number of nitrogens with zero attached hydrogens (tertiary/aromatic N) is 1. The Balaban J connectivity index is 2.86. The monoisotopic (exact) mass is 273 g/mol. The van der Waals surface area contributed by atoms with Crippen molar-refractivity contribution in [2.24, 2.45) is 0 Å². The summed E-state index contributed by atoms with van der Waals surface area (Å²) in [5, 5.41) is 0.